The molecule has 1 saturated carbocycles. The number of nitrogens with one attached hydrogen (secondary N) is 1. The normalized spacial score (nSPS) is 28.1. The Morgan fingerprint density at radius 3 is 3.07 bits per heavy atom. The first-order chi connectivity index (χ1) is 7.27. The Balaban J connectivity index is 1.78. The van der Waals surface area contributed by atoms with Gasteiger partial charge in [-0.2, -0.15) is 0 Å². The fraction of sp³-hybridized carbons (Fsp3) is 0.750. The van der Waals surface area contributed by atoms with Crippen molar-refractivity contribution in [3.63, 3.8) is 0 Å². The van der Waals surface area contributed by atoms with Crippen LogP contribution in [0.4, 0.5) is 0 Å². The highest BCUT2D eigenvalue weighted by Crippen LogP contribution is 2.30. The Morgan fingerprint density at radius 1 is 1.60 bits per heavy atom. The van der Waals surface area contributed by atoms with Crippen LogP contribution in [0.15, 0.2) is 10.9 Å². The van der Waals surface area contributed by atoms with E-state index >= 15 is 0 Å². The molecule has 1 aromatic rings. The van der Waals surface area contributed by atoms with Gasteiger partial charge in [0.05, 0.1) is 11.2 Å². The lowest BCUT2D eigenvalue weighted by atomic mass is 9.98. The number of aromatic nitrogens is 1. The molecular weight excluding hydrogens is 204 g/mol. The topological polar surface area (TPSA) is 24.9 Å². The van der Waals surface area contributed by atoms with E-state index in [0.29, 0.717) is 6.04 Å². The van der Waals surface area contributed by atoms with Crippen LogP contribution in [-0.4, -0.2) is 11.5 Å². The first kappa shape index (κ1) is 11.1. The summed E-state index contributed by atoms with van der Waals surface area (Å²) in [6, 6.07) is 0.407. The molecule has 1 aliphatic rings. The van der Waals surface area contributed by atoms with Gasteiger partial charge < -0.3 is 5.32 Å². The van der Waals surface area contributed by atoms with Crippen LogP contribution in [0.5, 0.6) is 0 Å². The number of thiazole rings is 1. The highest BCUT2D eigenvalue weighted by Gasteiger charge is 2.23. The Morgan fingerprint density at radius 2 is 2.47 bits per heavy atom. The Bertz CT molecular complexity index is 284. The summed E-state index contributed by atoms with van der Waals surface area (Å²) >= 11 is 1.68. The molecule has 2 rings (SSSR count). The highest BCUT2D eigenvalue weighted by atomic mass is 32.1. The molecule has 1 heterocycles. The second-order valence-electron chi connectivity index (χ2n) is 4.71. The van der Waals surface area contributed by atoms with Gasteiger partial charge in [0, 0.05) is 11.4 Å². The van der Waals surface area contributed by atoms with E-state index in [0.717, 1.165) is 18.4 Å². The summed E-state index contributed by atoms with van der Waals surface area (Å²) in [5.74, 6) is 1.78. The van der Waals surface area contributed by atoms with Gasteiger partial charge in [-0.05, 0) is 31.7 Å². The summed E-state index contributed by atoms with van der Waals surface area (Å²) < 4.78 is 0. The Labute approximate surface area is 96.1 Å². The molecule has 0 saturated heterocycles. The van der Waals surface area contributed by atoms with Crippen molar-refractivity contribution < 1.29 is 0 Å². The summed E-state index contributed by atoms with van der Waals surface area (Å²) in [6.45, 7) is 5.74. The minimum Gasteiger partial charge on any atom is -0.309 e. The largest absolute Gasteiger partial charge is 0.309 e. The first-order valence-electron chi connectivity index (χ1n) is 5.89. The van der Waals surface area contributed by atoms with E-state index in [1.807, 2.05) is 5.51 Å². The molecule has 0 aliphatic heterocycles. The summed E-state index contributed by atoms with van der Waals surface area (Å²) in [5, 5.41) is 5.74. The minimum absolute atomic E-state index is 0.407. The molecule has 3 heteroatoms. The molecule has 1 aromatic heterocycles. The molecular formula is C12H20N2S. The first-order valence-corrected chi connectivity index (χ1v) is 6.83. The molecule has 1 aliphatic carbocycles. The number of hydrogen-bond donors (Lipinski definition) is 1. The van der Waals surface area contributed by atoms with Gasteiger partial charge in [0.2, 0.25) is 0 Å². The van der Waals surface area contributed by atoms with Crippen LogP contribution in [-0.2, 0) is 0 Å². The number of rotatable bonds is 4. The van der Waals surface area contributed by atoms with E-state index < -0.39 is 0 Å². The summed E-state index contributed by atoms with van der Waals surface area (Å²) in [6.07, 6.45) is 4.23. The van der Waals surface area contributed by atoms with Crippen LogP contribution in [0, 0.1) is 11.8 Å². The fourth-order valence-electron chi connectivity index (χ4n) is 2.39. The molecule has 1 N–H and O–H groups in total. The fourth-order valence-corrected chi connectivity index (χ4v) is 3.04. The molecule has 0 amide bonds. The van der Waals surface area contributed by atoms with Gasteiger partial charge in [-0.25, -0.2) is 4.98 Å². The van der Waals surface area contributed by atoms with E-state index in [4.69, 9.17) is 0 Å². The molecule has 0 radical (unpaired) electrons. The third-order valence-electron chi connectivity index (χ3n) is 3.62. The molecule has 3 atom stereocenters. The van der Waals surface area contributed by atoms with Gasteiger partial charge in [-0.1, -0.05) is 19.8 Å². The van der Waals surface area contributed by atoms with Crippen LogP contribution in [0.3, 0.4) is 0 Å². The maximum Gasteiger partial charge on any atom is 0.0795 e. The summed E-state index contributed by atoms with van der Waals surface area (Å²) in [7, 11) is 0. The van der Waals surface area contributed by atoms with Crippen LogP contribution in [0.1, 0.15) is 44.8 Å². The lowest BCUT2D eigenvalue weighted by Gasteiger charge is -2.19. The van der Waals surface area contributed by atoms with Crippen molar-refractivity contribution in [1.82, 2.24) is 10.3 Å². The number of nitrogens with zero attached hydrogens (tertiary/aromatic N) is 1. The van der Waals surface area contributed by atoms with Gasteiger partial charge in [-0.3, -0.25) is 0 Å². The lowest BCUT2D eigenvalue weighted by molar-refractivity contribution is 0.373. The average molecular weight is 224 g/mol. The highest BCUT2D eigenvalue weighted by molar-refractivity contribution is 7.07. The van der Waals surface area contributed by atoms with Gasteiger partial charge in [-0.15, -0.1) is 11.3 Å². The quantitative estimate of drug-likeness (QED) is 0.849. The molecule has 0 spiro atoms. The standard InChI is InChI=1S/C12H20N2S/c1-9-4-3-5-11(9)6-13-10(2)12-7-15-8-14-12/h7-11,13H,3-6H2,1-2H3. The van der Waals surface area contributed by atoms with E-state index in [1.165, 1.54) is 25.0 Å². The van der Waals surface area contributed by atoms with Crippen LogP contribution >= 0.6 is 11.3 Å². The molecule has 84 valence electrons. The van der Waals surface area contributed by atoms with E-state index in [-0.39, 0.29) is 0 Å². The maximum atomic E-state index is 4.34. The van der Waals surface area contributed by atoms with Crippen LogP contribution < -0.4 is 5.32 Å². The Hall–Kier alpha value is -0.410. The second kappa shape index (κ2) is 5.08. The average Bonchev–Trinajstić information content (AvgIpc) is 2.85. The third kappa shape index (κ3) is 2.79. The van der Waals surface area contributed by atoms with E-state index in [1.54, 1.807) is 11.3 Å². The van der Waals surface area contributed by atoms with Crippen molar-refractivity contribution >= 4 is 11.3 Å². The zero-order chi connectivity index (χ0) is 10.7. The van der Waals surface area contributed by atoms with Gasteiger partial charge in [0.25, 0.3) is 0 Å². The van der Waals surface area contributed by atoms with Crippen molar-refractivity contribution in [3.8, 4) is 0 Å². The van der Waals surface area contributed by atoms with Crippen LogP contribution in [0.2, 0.25) is 0 Å². The molecule has 15 heavy (non-hydrogen) atoms. The second-order valence-corrected chi connectivity index (χ2v) is 5.43. The lowest BCUT2D eigenvalue weighted by Crippen LogP contribution is -2.27. The van der Waals surface area contributed by atoms with Crippen molar-refractivity contribution in [1.29, 1.82) is 0 Å². The Kier molecular flexibility index (Phi) is 3.76. The zero-order valence-corrected chi connectivity index (χ0v) is 10.4. The van der Waals surface area contributed by atoms with Crippen molar-refractivity contribution in [2.75, 3.05) is 6.54 Å². The monoisotopic (exact) mass is 224 g/mol. The predicted octanol–water partition coefficient (Wildman–Crippen LogP) is 3.23. The molecule has 0 bridgehead atoms. The molecule has 0 aromatic carbocycles. The SMILES string of the molecule is CC(NCC1CCCC1C)c1cscn1. The van der Waals surface area contributed by atoms with Gasteiger partial charge >= 0.3 is 0 Å². The van der Waals surface area contributed by atoms with Crippen molar-refractivity contribution in [2.24, 2.45) is 11.8 Å². The van der Waals surface area contributed by atoms with Gasteiger partial charge in [0.1, 0.15) is 0 Å². The summed E-state index contributed by atoms with van der Waals surface area (Å²) in [4.78, 5) is 4.34. The molecule has 2 nitrogen and oxygen atoms in total. The van der Waals surface area contributed by atoms with E-state index in [2.05, 4.69) is 29.5 Å². The maximum absolute atomic E-state index is 4.34. The zero-order valence-electron chi connectivity index (χ0n) is 9.57. The smallest absolute Gasteiger partial charge is 0.0795 e. The van der Waals surface area contributed by atoms with Crippen molar-refractivity contribution in [3.05, 3.63) is 16.6 Å². The summed E-state index contributed by atoms with van der Waals surface area (Å²) in [5.41, 5.74) is 3.09. The van der Waals surface area contributed by atoms with Crippen LogP contribution in [0.25, 0.3) is 0 Å². The number of hydrogen-bond acceptors (Lipinski definition) is 3. The van der Waals surface area contributed by atoms with Crippen molar-refractivity contribution in [2.45, 2.75) is 39.2 Å². The van der Waals surface area contributed by atoms with Gasteiger partial charge in [0.15, 0.2) is 0 Å². The molecule has 3 unspecified atom stereocenters. The predicted molar refractivity (Wildman–Crippen MR) is 65.0 cm³/mol. The third-order valence-corrected chi connectivity index (χ3v) is 4.23. The van der Waals surface area contributed by atoms with E-state index in [9.17, 15) is 0 Å². The molecule has 1 fully saturated rings. The minimum atomic E-state index is 0.407.